The average molecular weight is 217 g/mol. The Balaban J connectivity index is 2.30. The molecule has 0 amide bonds. The smallest absolute Gasteiger partial charge is 0.133 e. The van der Waals surface area contributed by atoms with Gasteiger partial charge in [0.1, 0.15) is 5.71 Å². The molecule has 0 aromatic heterocycles. The summed E-state index contributed by atoms with van der Waals surface area (Å²) in [6.07, 6.45) is 0.810. The molecule has 0 spiro atoms. The highest BCUT2D eigenvalue weighted by Crippen LogP contribution is 2.16. The molecule has 1 aromatic rings. The summed E-state index contributed by atoms with van der Waals surface area (Å²) >= 11 is 0. The fourth-order valence-electron chi connectivity index (χ4n) is 1.76. The van der Waals surface area contributed by atoms with Crippen LogP contribution in [-0.2, 0) is 0 Å². The van der Waals surface area contributed by atoms with Gasteiger partial charge in [0.05, 0.1) is 5.71 Å². The summed E-state index contributed by atoms with van der Waals surface area (Å²) in [7, 11) is 1.93. The number of nitrogens with zero attached hydrogens (tertiary/aromatic N) is 3. The van der Waals surface area contributed by atoms with E-state index in [9.17, 15) is 0 Å². The maximum Gasteiger partial charge on any atom is 0.133 e. The molecule has 1 aliphatic heterocycles. The zero-order valence-electron chi connectivity index (χ0n) is 9.46. The van der Waals surface area contributed by atoms with E-state index in [0.29, 0.717) is 11.8 Å². The van der Waals surface area contributed by atoms with E-state index >= 15 is 0 Å². The Morgan fingerprint density at radius 1 is 1.44 bits per heavy atom. The molecule has 4 nitrogen and oxygen atoms in total. The van der Waals surface area contributed by atoms with E-state index in [4.69, 9.17) is 5.21 Å². The summed E-state index contributed by atoms with van der Waals surface area (Å²) in [4.78, 5) is 0. The summed E-state index contributed by atoms with van der Waals surface area (Å²) in [6, 6.07) is 9.97. The molecule has 4 heteroatoms. The van der Waals surface area contributed by atoms with E-state index < -0.39 is 0 Å². The third-order valence-corrected chi connectivity index (χ3v) is 2.83. The maximum absolute atomic E-state index is 9.10. The van der Waals surface area contributed by atoms with Crippen LogP contribution in [-0.4, -0.2) is 34.7 Å². The van der Waals surface area contributed by atoms with Gasteiger partial charge < -0.3 is 5.21 Å². The first-order valence-corrected chi connectivity index (χ1v) is 5.30. The van der Waals surface area contributed by atoms with Crippen molar-refractivity contribution in [3.05, 3.63) is 35.9 Å². The minimum absolute atomic E-state index is 0.357. The molecule has 0 bridgehead atoms. The molecule has 16 heavy (non-hydrogen) atoms. The highest BCUT2D eigenvalue weighted by Gasteiger charge is 2.24. The number of oxime groups is 1. The lowest BCUT2D eigenvalue weighted by Gasteiger charge is -2.11. The van der Waals surface area contributed by atoms with E-state index in [-0.39, 0.29) is 0 Å². The van der Waals surface area contributed by atoms with Gasteiger partial charge in [0, 0.05) is 25.1 Å². The highest BCUT2D eigenvalue weighted by molar-refractivity contribution is 6.48. The van der Waals surface area contributed by atoms with E-state index in [1.807, 2.05) is 42.4 Å². The molecule has 1 aliphatic rings. The van der Waals surface area contributed by atoms with Gasteiger partial charge in [-0.2, -0.15) is 5.10 Å². The topological polar surface area (TPSA) is 48.2 Å². The Hall–Kier alpha value is -1.84. The summed E-state index contributed by atoms with van der Waals surface area (Å²) in [5.41, 5.74) is 2.30. The first-order chi connectivity index (χ1) is 7.72. The molecule has 0 aliphatic carbocycles. The van der Waals surface area contributed by atoms with E-state index in [1.165, 1.54) is 0 Å². The van der Waals surface area contributed by atoms with Crippen LogP contribution >= 0.6 is 0 Å². The zero-order chi connectivity index (χ0) is 11.5. The normalized spacial score (nSPS) is 21.1. The molecular formula is C12H15N3O. The second-order valence-electron chi connectivity index (χ2n) is 3.99. The highest BCUT2D eigenvalue weighted by atomic mass is 16.4. The molecule has 1 aromatic carbocycles. The molecule has 0 fully saturated rings. The van der Waals surface area contributed by atoms with Crippen molar-refractivity contribution in [2.24, 2.45) is 10.3 Å². The molecule has 1 unspecified atom stereocenters. The standard InChI is InChI=1S/C12H15N3O/c1-9-8-11(13-15(9)2)12(14-16)10-6-4-3-5-7-10/h3-7,9,16H,8H2,1-2H3/b14-12-. The van der Waals surface area contributed by atoms with Crippen LogP contribution in [0.25, 0.3) is 0 Å². The number of hydrogen-bond donors (Lipinski definition) is 1. The van der Waals surface area contributed by atoms with Crippen molar-refractivity contribution in [3.8, 4) is 0 Å². The second kappa shape index (κ2) is 4.35. The predicted octanol–water partition coefficient (Wildman–Crippen LogP) is 1.94. The van der Waals surface area contributed by atoms with Gasteiger partial charge in [-0.1, -0.05) is 35.5 Å². The first-order valence-electron chi connectivity index (χ1n) is 5.30. The molecule has 1 heterocycles. The fourth-order valence-corrected chi connectivity index (χ4v) is 1.76. The molecule has 2 rings (SSSR count). The quantitative estimate of drug-likeness (QED) is 0.467. The van der Waals surface area contributed by atoms with Crippen LogP contribution in [0, 0.1) is 0 Å². The van der Waals surface area contributed by atoms with Gasteiger partial charge in [-0.05, 0) is 6.92 Å². The predicted molar refractivity (Wildman–Crippen MR) is 64.0 cm³/mol. The maximum atomic E-state index is 9.10. The molecule has 1 N–H and O–H groups in total. The van der Waals surface area contributed by atoms with Gasteiger partial charge in [0.25, 0.3) is 0 Å². The summed E-state index contributed by atoms with van der Waals surface area (Å²) in [5.74, 6) is 0. The minimum Gasteiger partial charge on any atom is -0.410 e. The lowest BCUT2D eigenvalue weighted by Crippen LogP contribution is -2.19. The Bertz CT molecular complexity index is 425. The van der Waals surface area contributed by atoms with Gasteiger partial charge in [0.2, 0.25) is 0 Å². The van der Waals surface area contributed by atoms with Crippen molar-refractivity contribution in [2.45, 2.75) is 19.4 Å². The second-order valence-corrected chi connectivity index (χ2v) is 3.99. The molecule has 0 saturated heterocycles. The van der Waals surface area contributed by atoms with Crippen molar-refractivity contribution < 1.29 is 5.21 Å². The third-order valence-electron chi connectivity index (χ3n) is 2.83. The van der Waals surface area contributed by atoms with Crippen molar-refractivity contribution in [1.29, 1.82) is 0 Å². The van der Waals surface area contributed by atoms with Crippen molar-refractivity contribution in [1.82, 2.24) is 5.01 Å². The Morgan fingerprint density at radius 2 is 2.12 bits per heavy atom. The Labute approximate surface area is 94.9 Å². The van der Waals surface area contributed by atoms with E-state index in [1.54, 1.807) is 0 Å². The SMILES string of the molecule is CC1CC(/C(=N\O)c2ccccc2)=NN1C. The lowest BCUT2D eigenvalue weighted by atomic mass is 10.0. The molecule has 0 radical (unpaired) electrons. The molecular weight excluding hydrogens is 202 g/mol. The van der Waals surface area contributed by atoms with Crippen molar-refractivity contribution in [2.75, 3.05) is 7.05 Å². The first kappa shape index (κ1) is 10.7. The van der Waals surface area contributed by atoms with Crippen LogP contribution in [0.3, 0.4) is 0 Å². The Morgan fingerprint density at radius 3 is 2.62 bits per heavy atom. The minimum atomic E-state index is 0.357. The average Bonchev–Trinajstić information content (AvgIpc) is 2.61. The largest absolute Gasteiger partial charge is 0.410 e. The van der Waals surface area contributed by atoms with Gasteiger partial charge in [0.15, 0.2) is 0 Å². The number of hydrogen-bond acceptors (Lipinski definition) is 4. The van der Waals surface area contributed by atoms with Crippen LogP contribution in [0.5, 0.6) is 0 Å². The molecule has 1 atom stereocenters. The third kappa shape index (κ3) is 1.91. The van der Waals surface area contributed by atoms with Crippen LogP contribution in [0.2, 0.25) is 0 Å². The van der Waals surface area contributed by atoms with Gasteiger partial charge in [-0.25, -0.2) is 0 Å². The van der Waals surface area contributed by atoms with E-state index in [0.717, 1.165) is 17.7 Å². The van der Waals surface area contributed by atoms with Crippen LogP contribution in [0.4, 0.5) is 0 Å². The van der Waals surface area contributed by atoms with Crippen LogP contribution in [0.1, 0.15) is 18.9 Å². The summed E-state index contributed by atoms with van der Waals surface area (Å²) in [5, 5.41) is 18.7. The van der Waals surface area contributed by atoms with E-state index in [2.05, 4.69) is 17.2 Å². The summed E-state index contributed by atoms with van der Waals surface area (Å²) in [6.45, 7) is 2.09. The van der Waals surface area contributed by atoms with Crippen LogP contribution in [0.15, 0.2) is 40.6 Å². The molecule has 0 saturated carbocycles. The van der Waals surface area contributed by atoms with Gasteiger partial charge in [-0.3, -0.25) is 5.01 Å². The van der Waals surface area contributed by atoms with Crippen molar-refractivity contribution >= 4 is 11.4 Å². The number of hydrazone groups is 1. The zero-order valence-corrected chi connectivity index (χ0v) is 9.46. The monoisotopic (exact) mass is 217 g/mol. The fraction of sp³-hybridized carbons (Fsp3) is 0.333. The summed E-state index contributed by atoms with van der Waals surface area (Å²) < 4.78 is 0. The number of rotatable bonds is 2. The van der Waals surface area contributed by atoms with Gasteiger partial charge >= 0.3 is 0 Å². The van der Waals surface area contributed by atoms with Gasteiger partial charge in [-0.15, -0.1) is 0 Å². The molecule has 84 valence electrons. The van der Waals surface area contributed by atoms with Crippen LogP contribution < -0.4 is 0 Å². The Kier molecular flexibility index (Phi) is 2.90. The number of benzene rings is 1. The lowest BCUT2D eigenvalue weighted by molar-refractivity contribution is 0.303. The van der Waals surface area contributed by atoms with Crippen molar-refractivity contribution in [3.63, 3.8) is 0 Å².